The van der Waals surface area contributed by atoms with Crippen LogP contribution < -0.4 is 16.2 Å². The maximum atomic E-state index is 12.1. The van der Waals surface area contributed by atoms with Crippen LogP contribution in [0.2, 0.25) is 0 Å². The first-order valence-electron chi connectivity index (χ1n) is 8.25. The van der Waals surface area contributed by atoms with Crippen LogP contribution in [0.15, 0.2) is 78.9 Å². The number of allylic oxidation sites excluding steroid dienone is 1. The maximum absolute atomic E-state index is 12.1. The van der Waals surface area contributed by atoms with Gasteiger partial charge >= 0.3 is 0 Å². The second kappa shape index (κ2) is 8.02. The van der Waals surface area contributed by atoms with Crippen molar-refractivity contribution in [2.45, 2.75) is 6.92 Å². The van der Waals surface area contributed by atoms with E-state index < -0.39 is 0 Å². The molecule has 0 spiro atoms. The molecule has 4 nitrogen and oxygen atoms in total. The van der Waals surface area contributed by atoms with Gasteiger partial charge in [0, 0.05) is 5.69 Å². The van der Waals surface area contributed by atoms with Gasteiger partial charge in [-0.1, -0.05) is 66.7 Å². The molecular formula is C21H21N3O. The topological polar surface area (TPSA) is 53.2 Å². The molecule has 3 rings (SSSR count). The fraction of sp³-hybridized carbons (Fsp3) is 0.0952. The lowest BCUT2D eigenvalue weighted by Gasteiger charge is -2.13. The first-order valence-corrected chi connectivity index (χ1v) is 8.25. The molecular weight excluding hydrogens is 310 g/mol. The number of fused-ring (bicyclic) bond motifs is 1. The van der Waals surface area contributed by atoms with Crippen molar-refractivity contribution in [3.63, 3.8) is 0 Å². The molecule has 0 bridgehead atoms. The van der Waals surface area contributed by atoms with Gasteiger partial charge in [0.05, 0.1) is 12.2 Å². The normalized spacial score (nSPS) is 11.2. The second-order valence-electron chi connectivity index (χ2n) is 5.66. The molecule has 4 heteroatoms. The number of nitrogens with one attached hydrogen (secondary N) is 3. The minimum Gasteiger partial charge on any atom is -0.376 e. The minimum atomic E-state index is -0.136. The monoisotopic (exact) mass is 331 g/mol. The molecule has 0 saturated carbocycles. The predicted octanol–water partition coefficient (Wildman–Crippen LogP) is 3.93. The van der Waals surface area contributed by atoms with E-state index in [-0.39, 0.29) is 12.5 Å². The zero-order valence-electron chi connectivity index (χ0n) is 14.1. The van der Waals surface area contributed by atoms with Crippen molar-refractivity contribution < 1.29 is 4.79 Å². The summed E-state index contributed by atoms with van der Waals surface area (Å²) in [5.41, 5.74) is 8.49. The van der Waals surface area contributed by atoms with Crippen molar-refractivity contribution >= 4 is 28.1 Å². The maximum Gasteiger partial charge on any atom is 0.257 e. The number of hydrogen-bond donors (Lipinski definition) is 3. The van der Waals surface area contributed by atoms with E-state index in [4.69, 9.17) is 0 Å². The average Bonchev–Trinajstić information content (AvgIpc) is 2.67. The number of rotatable bonds is 6. The van der Waals surface area contributed by atoms with Crippen molar-refractivity contribution in [2.75, 3.05) is 11.9 Å². The zero-order chi connectivity index (χ0) is 17.5. The fourth-order valence-electron chi connectivity index (χ4n) is 2.59. The van der Waals surface area contributed by atoms with Crippen LogP contribution in [0.3, 0.4) is 0 Å². The van der Waals surface area contributed by atoms with Crippen molar-refractivity contribution in [2.24, 2.45) is 0 Å². The predicted molar refractivity (Wildman–Crippen MR) is 104 cm³/mol. The van der Waals surface area contributed by atoms with Crippen molar-refractivity contribution in [3.05, 3.63) is 84.4 Å². The van der Waals surface area contributed by atoms with Crippen LogP contribution in [0, 0.1) is 0 Å². The van der Waals surface area contributed by atoms with E-state index in [9.17, 15) is 4.79 Å². The van der Waals surface area contributed by atoms with Gasteiger partial charge in [-0.3, -0.25) is 15.6 Å². The van der Waals surface area contributed by atoms with Crippen molar-refractivity contribution in [1.29, 1.82) is 0 Å². The minimum absolute atomic E-state index is 0.136. The summed E-state index contributed by atoms with van der Waals surface area (Å²) in [6, 6.07) is 24.1. The molecule has 0 aromatic heterocycles. The number of carbonyl (C=O) groups is 1. The molecule has 3 aromatic carbocycles. The van der Waals surface area contributed by atoms with Crippen molar-refractivity contribution in [3.8, 4) is 0 Å². The highest BCUT2D eigenvalue weighted by molar-refractivity contribution is 5.87. The third-order valence-corrected chi connectivity index (χ3v) is 3.91. The Hall–Kier alpha value is -3.27. The van der Waals surface area contributed by atoms with Gasteiger partial charge in [-0.05, 0) is 35.4 Å². The molecule has 1 amide bonds. The highest BCUT2D eigenvalue weighted by Gasteiger charge is 2.04. The standard InChI is InChI=1S/C21H21N3O/c1-2-20(17-9-4-3-5-10-17)23-24-21(25)15-22-19-13-12-16-8-6-7-11-18(16)14-19/h2-14,22-23H,15H2,1H3,(H,24,25). The first kappa shape index (κ1) is 16.6. The molecule has 0 unspecified atom stereocenters. The fourth-order valence-corrected chi connectivity index (χ4v) is 2.59. The third kappa shape index (κ3) is 4.38. The van der Waals surface area contributed by atoms with E-state index in [0.717, 1.165) is 22.3 Å². The van der Waals surface area contributed by atoms with E-state index in [1.165, 1.54) is 5.39 Å². The number of hydrazine groups is 1. The Morgan fingerprint density at radius 3 is 2.36 bits per heavy atom. The molecule has 0 fully saturated rings. The van der Waals surface area contributed by atoms with Gasteiger partial charge in [0.2, 0.25) is 0 Å². The Morgan fingerprint density at radius 2 is 1.60 bits per heavy atom. The van der Waals surface area contributed by atoms with Crippen molar-refractivity contribution in [1.82, 2.24) is 10.9 Å². The number of amides is 1. The van der Waals surface area contributed by atoms with E-state index >= 15 is 0 Å². The number of carbonyl (C=O) groups excluding carboxylic acids is 1. The summed E-state index contributed by atoms with van der Waals surface area (Å²) in [4.78, 5) is 12.1. The molecule has 0 saturated heterocycles. The Labute approximate surface area is 147 Å². The van der Waals surface area contributed by atoms with Gasteiger partial charge in [-0.15, -0.1) is 0 Å². The number of anilines is 1. The van der Waals surface area contributed by atoms with E-state index in [0.29, 0.717) is 0 Å². The van der Waals surface area contributed by atoms with Crippen LogP contribution in [0.5, 0.6) is 0 Å². The molecule has 0 radical (unpaired) electrons. The zero-order valence-corrected chi connectivity index (χ0v) is 14.1. The lowest BCUT2D eigenvalue weighted by Crippen LogP contribution is -2.39. The van der Waals surface area contributed by atoms with E-state index in [1.807, 2.05) is 73.7 Å². The van der Waals surface area contributed by atoms with E-state index in [1.54, 1.807) is 0 Å². The summed E-state index contributed by atoms with van der Waals surface area (Å²) >= 11 is 0. The van der Waals surface area contributed by atoms with E-state index in [2.05, 4.69) is 28.3 Å². The largest absolute Gasteiger partial charge is 0.376 e. The summed E-state index contributed by atoms with van der Waals surface area (Å²) in [6.07, 6.45) is 1.92. The number of hydrogen-bond acceptors (Lipinski definition) is 3. The number of benzene rings is 3. The third-order valence-electron chi connectivity index (χ3n) is 3.91. The van der Waals surface area contributed by atoms with Gasteiger partial charge in [0.25, 0.3) is 5.91 Å². The van der Waals surface area contributed by atoms with Crippen LogP contribution in [0.1, 0.15) is 12.5 Å². The van der Waals surface area contributed by atoms with Gasteiger partial charge in [-0.25, -0.2) is 0 Å². The van der Waals surface area contributed by atoms with Gasteiger partial charge in [0.15, 0.2) is 0 Å². The summed E-state index contributed by atoms with van der Waals surface area (Å²) in [6.45, 7) is 2.12. The Bertz CT molecular complexity index is 888. The van der Waals surface area contributed by atoms with Gasteiger partial charge in [0.1, 0.15) is 0 Å². The summed E-state index contributed by atoms with van der Waals surface area (Å²) in [7, 11) is 0. The lowest BCUT2D eigenvalue weighted by molar-refractivity contribution is -0.120. The van der Waals surface area contributed by atoms with Gasteiger partial charge < -0.3 is 5.32 Å². The summed E-state index contributed by atoms with van der Waals surface area (Å²) in [5, 5.41) is 5.47. The first-order chi connectivity index (χ1) is 12.3. The molecule has 3 N–H and O–H groups in total. The van der Waals surface area contributed by atoms with Crippen LogP contribution in [0.25, 0.3) is 16.5 Å². The lowest BCUT2D eigenvalue weighted by atomic mass is 10.1. The molecule has 25 heavy (non-hydrogen) atoms. The molecule has 3 aromatic rings. The van der Waals surface area contributed by atoms with Crippen LogP contribution in [0.4, 0.5) is 5.69 Å². The highest BCUT2D eigenvalue weighted by atomic mass is 16.2. The summed E-state index contributed by atoms with van der Waals surface area (Å²) in [5.74, 6) is -0.136. The highest BCUT2D eigenvalue weighted by Crippen LogP contribution is 2.18. The SMILES string of the molecule is CC=C(NNC(=O)CNc1ccc2ccccc2c1)c1ccccc1. The summed E-state index contributed by atoms with van der Waals surface area (Å²) < 4.78 is 0. The average molecular weight is 331 g/mol. The molecule has 0 atom stereocenters. The molecule has 126 valence electrons. The molecule has 0 aliphatic heterocycles. The molecule has 0 aliphatic carbocycles. The molecule has 0 heterocycles. The van der Waals surface area contributed by atoms with Crippen LogP contribution in [-0.2, 0) is 4.79 Å². The Kier molecular flexibility index (Phi) is 5.32. The Morgan fingerprint density at radius 1 is 0.880 bits per heavy atom. The van der Waals surface area contributed by atoms with Crippen LogP contribution in [-0.4, -0.2) is 12.5 Å². The smallest absolute Gasteiger partial charge is 0.257 e. The van der Waals surface area contributed by atoms with Gasteiger partial charge in [-0.2, -0.15) is 0 Å². The quantitative estimate of drug-likeness (QED) is 0.600. The molecule has 0 aliphatic rings. The van der Waals surface area contributed by atoms with Crippen LogP contribution >= 0.6 is 0 Å². The second-order valence-corrected chi connectivity index (χ2v) is 5.66. The Balaban J connectivity index is 1.53.